The molecule has 0 aliphatic heterocycles. The van der Waals surface area contributed by atoms with Crippen molar-refractivity contribution in [1.82, 2.24) is 4.98 Å². The first kappa shape index (κ1) is 14.9. The van der Waals surface area contributed by atoms with Crippen LogP contribution in [0.15, 0.2) is 18.3 Å². The Morgan fingerprint density at radius 1 is 1.48 bits per heavy atom. The molecular formula is C12H11FN4O3S. The lowest BCUT2D eigenvalue weighted by atomic mass is 10.1. The Morgan fingerprint density at radius 2 is 2.19 bits per heavy atom. The highest BCUT2D eigenvalue weighted by molar-refractivity contribution is 7.15. The monoisotopic (exact) mass is 310 g/mol. The van der Waals surface area contributed by atoms with E-state index in [2.05, 4.69) is 15.6 Å². The zero-order valence-corrected chi connectivity index (χ0v) is 12.0. The molecule has 2 aromatic rings. The van der Waals surface area contributed by atoms with Crippen LogP contribution in [0.2, 0.25) is 0 Å². The van der Waals surface area contributed by atoms with Crippen molar-refractivity contribution in [3.8, 4) is 0 Å². The third-order valence-electron chi connectivity index (χ3n) is 2.64. The molecule has 110 valence electrons. The van der Waals surface area contributed by atoms with E-state index in [9.17, 15) is 19.3 Å². The normalized spacial score (nSPS) is 10.2. The van der Waals surface area contributed by atoms with E-state index in [4.69, 9.17) is 0 Å². The van der Waals surface area contributed by atoms with Crippen LogP contribution in [0.3, 0.4) is 0 Å². The number of aromatic nitrogens is 1. The van der Waals surface area contributed by atoms with Gasteiger partial charge in [-0.15, -0.1) is 11.3 Å². The third kappa shape index (κ3) is 3.14. The quantitative estimate of drug-likeness (QED) is 0.668. The highest BCUT2D eigenvalue weighted by Crippen LogP contribution is 2.27. The van der Waals surface area contributed by atoms with Crippen molar-refractivity contribution in [2.75, 3.05) is 17.7 Å². The molecule has 0 aliphatic carbocycles. The lowest BCUT2D eigenvalue weighted by molar-refractivity contribution is -0.385. The van der Waals surface area contributed by atoms with Gasteiger partial charge in [-0.05, 0) is 13.0 Å². The van der Waals surface area contributed by atoms with Gasteiger partial charge in [0.2, 0.25) is 0 Å². The Hall–Kier alpha value is -2.55. The zero-order valence-electron chi connectivity index (χ0n) is 11.1. The minimum atomic E-state index is -0.801. The molecule has 1 aromatic carbocycles. The van der Waals surface area contributed by atoms with Gasteiger partial charge in [0, 0.05) is 18.1 Å². The average molecular weight is 310 g/mol. The SMILES string of the molecule is CNc1cc(C(=O)Nc2ncc(C)s2)c([N+](=O)[O-])cc1F. The van der Waals surface area contributed by atoms with Crippen molar-refractivity contribution in [1.29, 1.82) is 0 Å². The van der Waals surface area contributed by atoms with Gasteiger partial charge in [-0.1, -0.05) is 0 Å². The number of hydrogen-bond acceptors (Lipinski definition) is 6. The number of nitrogens with one attached hydrogen (secondary N) is 2. The van der Waals surface area contributed by atoms with Gasteiger partial charge >= 0.3 is 0 Å². The summed E-state index contributed by atoms with van der Waals surface area (Å²) in [5.74, 6) is -1.52. The molecule has 9 heteroatoms. The molecule has 2 rings (SSSR count). The maximum atomic E-state index is 13.6. The van der Waals surface area contributed by atoms with Crippen LogP contribution in [0.1, 0.15) is 15.2 Å². The van der Waals surface area contributed by atoms with E-state index in [0.29, 0.717) is 11.2 Å². The molecule has 21 heavy (non-hydrogen) atoms. The fourth-order valence-electron chi connectivity index (χ4n) is 1.66. The van der Waals surface area contributed by atoms with Crippen molar-refractivity contribution < 1.29 is 14.1 Å². The number of rotatable bonds is 4. The molecule has 0 fully saturated rings. The number of benzene rings is 1. The maximum Gasteiger partial charge on any atom is 0.285 e. The van der Waals surface area contributed by atoms with Gasteiger partial charge in [-0.3, -0.25) is 20.2 Å². The molecular weight excluding hydrogens is 299 g/mol. The van der Waals surface area contributed by atoms with Crippen LogP contribution < -0.4 is 10.6 Å². The Balaban J connectivity index is 2.40. The number of halogens is 1. The number of amides is 1. The fraction of sp³-hybridized carbons (Fsp3) is 0.167. The molecule has 0 bridgehead atoms. The summed E-state index contributed by atoms with van der Waals surface area (Å²) in [6.45, 7) is 1.81. The minimum Gasteiger partial charge on any atom is -0.386 e. The number of thiazole rings is 1. The molecule has 0 atom stereocenters. The van der Waals surface area contributed by atoms with E-state index < -0.39 is 22.3 Å². The molecule has 7 nitrogen and oxygen atoms in total. The molecule has 0 radical (unpaired) electrons. The molecule has 0 unspecified atom stereocenters. The van der Waals surface area contributed by atoms with Gasteiger partial charge < -0.3 is 5.32 Å². The number of nitro groups is 1. The van der Waals surface area contributed by atoms with E-state index >= 15 is 0 Å². The lowest BCUT2D eigenvalue weighted by Crippen LogP contribution is -2.14. The van der Waals surface area contributed by atoms with Crippen LogP contribution >= 0.6 is 11.3 Å². The van der Waals surface area contributed by atoms with Crippen LogP contribution in [-0.2, 0) is 0 Å². The zero-order chi connectivity index (χ0) is 15.6. The summed E-state index contributed by atoms with van der Waals surface area (Å²) >= 11 is 1.24. The van der Waals surface area contributed by atoms with E-state index in [1.54, 1.807) is 6.20 Å². The average Bonchev–Trinajstić information content (AvgIpc) is 2.83. The second kappa shape index (κ2) is 5.83. The maximum absolute atomic E-state index is 13.6. The van der Waals surface area contributed by atoms with Crippen molar-refractivity contribution >= 4 is 33.8 Å². The third-order valence-corrected chi connectivity index (χ3v) is 3.47. The summed E-state index contributed by atoms with van der Waals surface area (Å²) in [7, 11) is 1.45. The van der Waals surface area contributed by atoms with Crippen molar-refractivity contribution in [2.24, 2.45) is 0 Å². The van der Waals surface area contributed by atoms with Gasteiger partial charge in [0.25, 0.3) is 11.6 Å². The van der Waals surface area contributed by atoms with E-state index in [1.807, 2.05) is 6.92 Å². The summed E-state index contributed by atoms with van der Waals surface area (Å²) in [4.78, 5) is 27.1. The van der Waals surface area contributed by atoms with Gasteiger partial charge in [0.1, 0.15) is 5.56 Å². The number of hydrogen-bond donors (Lipinski definition) is 2. The first-order chi connectivity index (χ1) is 9.92. The largest absolute Gasteiger partial charge is 0.386 e. The number of nitro benzene ring substituents is 1. The van der Waals surface area contributed by atoms with Crippen LogP contribution in [0.4, 0.5) is 20.9 Å². The molecule has 0 saturated carbocycles. The van der Waals surface area contributed by atoms with Crippen molar-refractivity contribution in [3.05, 3.63) is 44.7 Å². The summed E-state index contributed by atoms with van der Waals surface area (Å²) < 4.78 is 13.6. The summed E-state index contributed by atoms with van der Waals surface area (Å²) in [6, 6.07) is 1.82. The number of carbonyl (C=O) groups is 1. The van der Waals surface area contributed by atoms with E-state index in [-0.39, 0.29) is 11.3 Å². The first-order valence-electron chi connectivity index (χ1n) is 5.82. The predicted octanol–water partition coefficient (Wildman–Crippen LogP) is 2.79. The second-order valence-corrected chi connectivity index (χ2v) is 5.32. The second-order valence-electron chi connectivity index (χ2n) is 4.09. The van der Waals surface area contributed by atoms with Crippen LogP contribution in [-0.4, -0.2) is 22.9 Å². The molecule has 1 aromatic heterocycles. The standard InChI is InChI=1S/C12H11FN4O3S/c1-6-5-15-12(21-6)16-11(18)7-3-9(14-2)8(13)4-10(7)17(19)20/h3-5,14H,1-2H3,(H,15,16,18). The fourth-order valence-corrected chi connectivity index (χ4v) is 2.32. The molecule has 1 amide bonds. The van der Waals surface area contributed by atoms with Crippen LogP contribution in [0, 0.1) is 22.9 Å². The molecule has 0 spiro atoms. The van der Waals surface area contributed by atoms with Gasteiger partial charge in [0.05, 0.1) is 16.7 Å². The van der Waals surface area contributed by atoms with Crippen LogP contribution in [0.5, 0.6) is 0 Å². The predicted molar refractivity (Wildman–Crippen MR) is 77.4 cm³/mol. The van der Waals surface area contributed by atoms with Gasteiger partial charge in [-0.2, -0.15) is 0 Å². The Labute approximate surface area is 123 Å². The van der Waals surface area contributed by atoms with Crippen LogP contribution in [0.25, 0.3) is 0 Å². The van der Waals surface area contributed by atoms with E-state index in [0.717, 1.165) is 10.9 Å². The van der Waals surface area contributed by atoms with Gasteiger partial charge in [-0.25, -0.2) is 9.37 Å². The molecule has 1 heterocycles. The highest BCUT2D eigenvalue weighted by Gasteiger charge is 2.24. The number of nitrogens with zero attached hydrogens (tertiary/aromatic N) is 2. The lowest BCUT2D eigenvalue weighted by Gasteiger charge is -2.07. The van der Waals surface area contributed by atoms with Gasteiger partial charge in [0.15, 0.2) is 10.9 Å². The Morgan fingerprint density at radius 3 is 2.71 bits per heavy atom. The number of aryl methyl sites for hydroxylation is 1. The molecule has 2 N–H and O–H groups in total. The van der Waals surface area contributed by atoms with E-state index in [1.165, 1.54) is 18.4 Å². The smallest absolute Gasteiger partial charge is 0.285 e. The summed E-state index contributed by atoms with van der Waals surface area (Å²) in [5.41, 5.74) is -0.836. The highest BCUT2D eigenvalue weighted by atomic mass is 32.1. The number of carbonyl (C=O) groups excluding carboxylic acids is 1. The topological polar surface area (TPSA) is 97.2 Å². The van der Waals surface area contributed by atoms with Crippen molar-refractivity contribution in [2.45, 2.75) is 6.92 Å². The number of anilines is 2. The Bertz CT molecular complexity index is 717. The first-order valence-corrected chi connectivity index (χ1v) is 6.63. The summed E-state index contributed by atoms with van der Waals surface area (Å²) in [5, 5.41) is 16.3. The Kier molecular flexibility index (Phi) is 4.13. The van der Waals surface area contributed by atoms with Crippen molar-refractivity contribution in [3.63, 3.8) is 0 Å². The molecule has 0 saturated heterocycles. The molecule has 0 aliphatic rings. The summed E-state index contributed by atoms with van der Waals surface area (Å²) in [6.07, 6.45) is 1.57. The minimum absolute atomic E-state index is 0.000990.